The van der Waals surface area contributed by atoms with E-state index in [0.717, 1.165) is 11.3 Å². The Hall–Kier alpha value is -2.82. The van der Waals surface area contributed by atoms with Crippen LogP contribution in [0.25, 0.3) is 0 Å². The largest absolute Gasteiger partial charge is 0.494 e. The van der Waals surface area contributed by atoms with Crippen LogP contribution < -0.4 is 10.1 Å². The molecule has 126 valence electrons. The molecule has 0 aliphatic heterocycles. The average molecular weight is 327 g/mol. The Morgan fingerprint density at radius 2 is 1.71 bits per heavy atom. The molecule has 5 heteroatoms. The number of rotatable bonds is 8. The molecule has 1 N–H and O–H groups in total. The summed E-state index contributed by atoms with van der Waals surface area (Å²) >= 11 is 0. The summed E-state index contributed by atoms with van der Waals surface area (Å²) < 4.78 is 10.2. The highest BCUT2D eigenvalue weighted by Crippen LogP contribution is 2.09. The summed E-state index contributed by atoms with van der Waals surface area (Å²) in [6.07, 6.45) is 1.06. The van der Waals surface area contributed by atoms with Crippen LogP contribution in [0.3, 0.4) is 0 Å². The SMILES string of the molecule is COC(=O)c1ccc(CNC(=O)CCCOc2ccccc2)cc1. The van der Waals surface area contributed by atoms with Crippen LogP contribution in [0.2, 0.25) is 0 Å². The number of benzene rings is 2. The van der Waals surface area contributed by atoms with Gasteiger partial charge in [-0.1, -0.05) is 30.3 Å². The van der Waals surface area contributed by atoms with Crippen molar-refractivity contribution >= 4 is 11.9 Å². The molecule has 0 aromatic heterocycles. The van der Waals surface area contributed by atoms with Gasteiger partial charge in [-0.2, -0.15) is 0 Å². The summed E-state index contributed by atoms with van der Waals surface area (Å²) in [7, 11) is 1.35. The van der Waals surface area contributed by atoms with E-state index in [1.165, 1.54) is 7.11 Å². The van der Waals surface area contributed by atoms with E-state index in [4.69, 9.17) is 4.74 Å². The van der Waals surface area contributed by atoms with Gasteiger partial charge in [0.25, 0.3) is 0 Å². The first kappa shape index (κ1) is 17.5. The first-order chi connectivity index (χ1) is 11.7. The van der Waals surface area contributed by atoms with Gasteiger partial charge in [-0.3, -0.25) is 4.79 Å². The minimum atomic E-state index is -0.371. The van der Waals surface area contributed by atoms with Gasteiger partial charge in [-0.25, -0.2) is 4.79 Å². The average Bonchev–Trinajstić information content (AvgIpc) is 2.64. The van der Waals surface area contributed by atoms with Crippen LogP contribution in [0.5, 0.6) is 5.75 Å². The number of ether oxygens (including phenoxy) is 2. The third kappa shape index (κ3) is 5.76. The second-order valence-electron chi connectivity index (χ2n) is 5.23. The number of methoxy groups -OCH3 is 1. The summed E-state index contributed by atoms with van der Waals surface area (Å²) in [5, 5.41) is 2.85. The van der Waals surface area contributed by atoms with Crippen LogP contribution in [-0.4, -0.2) is 25.6 Å². The Bertz CT molecular complexity index is 653. The maximum atomic E-state index is 11.8. The molecule has 5 nitrogen and oxygen atoms in total. The van der Waals surface area contributed by atoms with Crippen molar-refractivity contribution in [2.45, 2.75) is 19.4 Å². The summed E-state index contributed by atoms with van der Waals surface area (Å²) in [6, 6.07) is 16.5. The van der Waals surface area contributed by atoms with Crippen molar-refractivity contribution in [2.24, 2.45) is 0 Å². The van der Waals surface area contributed by atoms with Crippen molar-refractivity contribution in [1.29, 1.82) is 0 Å². The zero-order chi connectivity index (χ0) is 17.2. The molecule has 0 aliphatic carbocycles. The summed E-state index contributed by atoms with van der Waals surface area (Å²) in [6.45, 7) is 0.936. The van der Waals surface area contributed by atoms with Gasteiger partial charge in [0.15, 0.2) is 0 Å². The molecule has 2 aromatic carbocycles. The third-order valence-electron chi connectivity index (χ3n) is 3.42. The Labute approximate surface area is 141 Å². The van der Waals surface area contributed by atoms with Crippen LogP contribution in [0.1, 0.15) is 28.8 Å². The van der Waals surface area contributed by atoms with E-state index >= 15 is 0 Å². The van der Waals surface area contributed by atoms with E-state index in [0.29, 0.717) is 31.6 Å². The lowest BCUT2D eigenvalue weighted by Gasteiger charge is -2.07. The van der Waals surface area contributed by atoms with Gasteiger partial charge in [-0.15, -0.1) is 0 Å². The van der Waals surface area contributed by atoms with Crippen molar-refractivity contribution in [2.75, 3.05) is 13.7 Å². The lowest BCUT2D eigenvalue weighted by molar-refractivity contribution is -0.121. The number of hydrogen-bond donors (Lipinski definition) is 1. The van der Waals surface area contributed by atoms with Crippen molar-refractivity contribution in [3.8, 4) is 5.75 Å². The van der Waals surface area contributed by atoms with Gasteiger partial charge >= 0.3 is 5.97 Å². The molecule has 0 fully saturated rings. The monoisotopic (exact) mass is 327 g/mol. The van der Waals surface area contributed by atoms with E-state index in [1.54, 1.807) is 24.3 Å². The fourth-order valence-corrected chi connectivity index (χ4v) is 2.11. The first-order valence-electron chi connectivity index (χ1n) is 7.81. The van der Waals surface area contributed by atoms with E-state index in [9.17, 15) is 9.59 Å². The first-order valence-corrected chi connectivity index (χ1v) is 7.81. The maximum absolute atomic E-state index is 11.8. The van der Waals surface area contributed by atoms with Crippen molar-refractivity contribution in [3.05, 3.63) is 65.7 Å². The topological polar surface area (TPSA) is 64.6 Å². The van der Waals surface area contributed by atoms with Crippen LogP contribution in [0.15, 0.2) is 54.6 Å². The predicted octanol–water partition coefficient (Wildman–Crippen LogP) is 2.95. The quantitative estimate of drug-likeness (QED) is 0.598. The lowest BCUT2D eigenvalue weighted by atomic mass is 10.1. The molecular formula is C19H21NO4. The third-order valence-corrected chi connectivity index (χ3v) is 3.42. The molecule has 0 bridgehead atoms. The molecule has 2 rings (SSSR count). The van der Waals surface area contributed by atoms with E-state index in [1.807, 2.05) is 30.3 Å². The summed E-state index contributed by atoms with van der Waals surface area (Å²) in [5.74, 6) is 0.413. The zero-order valence-electron chi connectivity index (χ0n) is 13.7. The normalized spacial score (nSPS) is 10.0. The smallest absolute Gasteiger partial charge is 0.337 e. The van der Waals surface area contributed by atoms with Gasteiger partial charge in [0.1, 0.15) is 5.75 Å². The standard InChI is InChI=1S/C19H21NO4/c1-23-19(22)16-11-9-15(10-12-16)14-20-18(21)8-5-13-24-17-6-3-2-4-7-17/h2-4,6-7,9-12H,5,8,13-14H2,1H3,(H,20,21). The van der Waals surface area contributed by atoms with Gasteiger partial charge in [0.2, 0.25) is 5.91 Å². The molecule has 0 radical (unpaired) electrons. The highest BCUT2D eigenvalue weighted by molar-refractivity contribution is 5.89. The molecule has 0 aliphatic rings. The molecule has 0 atom stereocenters. The second-order valence-corrected chi connectivity index (χ2v) is 5.23. The number of nitrogens with one attached hydrogen (secondary N) is 1. The Morgan fingerprint density at radius 1 is 1.00 bits per heavy atom. The highest BCUT2D eigenvalue weighted by Gasteiger charge is 2.05. The van der Waals surface area contributed by atoms with Gasteiger partial charge in [0.05, 0.1) is 19.3 Å². The molecule has 24 heavy (non-hydrogen) atoms. The zero-order valence-corrected chi connectivity index (χ0v) is 13.7. The van der Waals surface area contributed by atoms with E-state index in [-0.39, 0.29) is 11.9 Å². The fraction of sp³-hybridized carbons (Fsp3) is 0.263. The molecular weight excluding hydrogens is 306 g/mol. The molecule has 1 amide bonds. The lowest BCUT2D eigenvalue weighted by Crippen LogP contribution is -2.23. The van der Waals surface area contributed by atoms with Crippen LogP contribution >= 0.6 is 0 Å². The molecule has 2 aromatic rings. The van der Waals surface area contributed by atoms with E-state index in [2.05, 4.69) is 10.1 Å². The minimum absolute atomic E-state index is 0.0243. The number of carbonyl (C=O) groups excluding carboxylic acids is 2. The Balaban J connectivity index is 1.65. The summed E-state index contributed by atoms with van der Waals surface area (Å²) in [4.78, 5) is 23.1. The Morgan fingerprint density at radius 3 is 2.38 bits per heavy atom. The fourth-order valence-electron chi connectivity index (χ4n) is 2.11. The number of carbonyl (C=O) groups is 2. The molecule has 0 saturated carbocycles. The van der Waals surface area contributed by atoms with E-state index < -0.39 is 0 Å². The minimum Gasteiger partial charge on any atom is -0.494 e. The van der Waals surface area contributed by atoms with Crippen molar-refractivity contribution in [3.63, 3.8) is 0 Å². The number of esters is 1. The van der Waals surface area contributed by atoms with Crippen LogP contribution in [0, 0.1) is 0 Å². The number of amides is 1. The maximum Gasteiger partial charge on any atom is 0.337 e. The van der Waals surface area contributed by atoms with Gasteiger partial charge in [0, 0.05) is 13.0 Å². The predicted molar refractivity (Wildman–Crippen MR) is 90.8 cm³/mol. The molecule has 0 saturated heterocycles. The Kier molecular flexibility index (Phi) is 6.83. The molecule has 0 unspecified atom stereocenters. The van der Waals surface area contributed by atoms with Gasteiger partial charge in [-0.05, 0) is 36.2 Å². The molecule has 0 heterocycles. The highest BCUT2D eigenvalue weighted by atomic mass is 16.5. The number of hydrogen-bond acceptors (Lipinski definition) is 4. The molecule has 0 spiro atoms. The van der Waals surface area contributed by atoms with Gasteiger partial charge < -0.3 is 14.8 Å². The van der Waals surface area contributed by atoms with Crippen molar-refractivity contribution < 1.29 is 19.1 Å². The van der Waals surface area contributed by atoms with Crippen molar-refractivity contribution in [1.82, 2.24) is 5.32 Å². The van der Waals surface area contributed by atoms with Crippen LogP contribution in [-0.2, 0) is 16.1 Å². The number of para-hydroxylation sites is 1. The van der Waals surface area contributed by atoms with Crippen LogP contribution in [0.4, 0.5) is 0 Å². The second kappa shape index (κ2) is 9.35. The summed E-state index contributed by atoms with van der Waals surface area (Å²) in [5.41, 5.74) is 1.42.